The molecule has 4 nitrogen and oxygen atoms in total. The molecule has 18 heavy (non-hydrogen) atoms. The van der Waals surface area contributed by atoms with E-state index in [2.05, 4.69) is 35.2 Å². The van der Waals surface area contributed by atoms with Crippen molar-refractivity contribution in [2.75, 3.05) is 19.6 Å². The monoisotopic (exact) mass is 250 g/mol. The molecule has 1 aliphatic heterocycles. The number of nitrogens with zero attached hydrogens (tertiary/aromatic N) is 3. The topological polar surface area (TPSA) is 33.1 Å². The van der Waals surface area contributed by atoms with Gasteiger partial charge in [-0.05, 0) is 45.8 Å². The zero-order chi connectivity index (χ0) is 13.0. The lowest BCUT2D eigenvalue weighted by Crippen LogP contribution is -2.43. The van der Waals surface area contributed by atoms with E-state index >= 15 is 0 Å². The van der Waals surface area contributed by atoms with Gasteiger partial charge in [0.25, 0.3) is 0 Å². The Morgan fingerprint density at radius 3 is 2.61 bits per heavy atom. The first-order valence-electron chi connectivity index (χ1n) is 7.14. The lowest BCUT2D eigenvalue weighted by molar-refractivity contribution is 0.168. The molecule has 2 atom stereocenters. The Morgan fingerprint density at radius 2 is 2.00 bits per heavy atom. The van der Waals surface area contributed by atoms with E-state index in [1.54, 1.807) is 0 Å². The van der Waals surface area contributed by atoms with Gasteiger partial charge in [-0.2, -0.15) is 5.10 Å². The molecule has 1 N–H and O–H groups in total. The molecule has 0 spiro atoms. The second kappa shape index (κ2) is 6.34. The van der Waals surface area contributed by atoms with Gasteiger partial charge < -0.3 is 5.32 Å². The normalized spacial score (nSPS) is 20.8. The smallest absolute Gasteiger partial charge is 0.0547 e. The van der Waals surface area contributed by atoms with Crippen molar-refractivity contribution in [1.29, 1.82) is 0 Å². The SMILES string of the molecule is CC(NCC(C)N1CCCCC1)c1ccnn1C. The van der Waals surface area contributed by atoms with E-state index in [1.165, 1.54) is 38.0 Å². The number of hydrogen-bond donors (Lipinski definition) is 1. The van der Waals surface area contributed by atoms with E-state index in [4.69, 9.17) is 0 Å². The van der Waals surface area contributed by atoms with Crippen LogP contribution in [0.3, 0.4) is 0 Å². The van der Waals surface area contributed by atoms with Crippen molar-refractivity contribution in [3.63, 3.8) is 0 Å². The summed E-state index contributed by atoms with van der Waals surface area (Å²) in [5, 5.41) is 7.84. The van der Waals surface area contributed by atoms with Crippen molar-refractivity contribution in [3.05, 3.63) is 18.0 Å². The van der Waals surface area contributed by atoms with E-state index in [1.807, 2.05) is 17.9 Å². The summed E-state index contributed by atoms with van der Waals surface area (Å²) >= 11 is 0. The van der Waals surface area contributed by atoms with Gasteiger partial charge in [-0.25, -0.2) is 0 Å². The van der Waals surface area contributed by atoms with Crippen LogP contribution in [0.1, 0.15) is 44.8 Å². The van der Waals surface area contributed by atoms with Crippen molar-refractivity contribution in [2.24, 2.45) is 7.05 Å². The molecular weight excluding hydrogens is 224 g/mol. The molecule has 2 rings (SSSR count). The number of aryl methyl sites for hydroxylation is 1. The Kier molecular flexibility index (Phi) is 4.78. The Labute approximate surface area is 110 Å². The van der Waals surface area contributed by atoms with Crippen LogP contribution in [0.5, 0.6) is 0 Å². The minimum Gasteiger partial charge on any atom is -0.307 e. The number of hydrogen-bond acceptors (Lipinski definition) is 3. The fourth-order valence-corrected chi connectivity index (χ4v) is 2.75. The van der Waals surface area contributed by atoms with Crippen molar-refractivity contribution < 1.29 is 0 Å². The molecule has 0 radical (unpaired) electrons. The van der Waals surface area contributed by atoms with Crippen LogP contribution in [0.25, 0.3) is 0 Å². The zero-order valence-corrected chi connectivity index (χ0v) is 11.9. The van der Waals surface area contributed by atoms with Crippen LogP contribution in [0.15, 0.2) is 12.3 Å². The summed E-state index contributed by atoms with van der Waals surface area (Å²) in [5.41, 5.74) is 1.25. The lowest BCUT2D eigenvalue weighted by Gasteiger charge is -2.33. The van der Waals surface area contributed by atoms with Crippen LogP contribution >= 0.6 is 0 Å². The molecule has 1 aliphatic rings. The predicted molar refractivity (Wildman–Crippen MR) is 74.5 cm³/mol. The van der Waals surface area contributed by atoms with Gasteiger partial charge in [0.2, 0.25) is 0 Å². The average Bonchev–Trinajstić information content (AvgIpc) is 2.83. The third-order valence-corrected chi connectivity index (χ3v) is 4.04. The summed E-state index contributed by atoms with van der Waals surface area (Å²) in [6.45, 7) is 8.12. The number of rotatable bonds is 5. The van der Waals surface area contributed by atoms with Gasteiger partial charge in [0.05, 0.1) is 5.69 Å². The lowest BCUT2D eigenvalue weighted by atomic mass is 10.1. The summed E-state index contributed by atoms with van der Waals surface area (Å²) in [5.74, 6) is 0. The van der Waals surface area contributed by atoms with Gasteiger partial charge >= 0.3 is 0 Å². The van der Waals surface area contributed by atoms with Crippen molar-refractivity contribution in [2.45, 2.75) is 45.2 Å². The number of aromatic nitrogens is 2. The average molecular weight is 250 g/mol. The Hall–Kier alpha value is -0.870. The standard InChI is InChI=1S/C14H26N4/c1-12(18-9-5-4-6-10-18)11-15-13(2)14-7-8-16-17(14)3/h7-8,12-13,15H,4-6,9-11H2,1-3H3. The van der Waals surface area contributed by atoms with Gasteiger partial charge in [0, 0.05) is 31.9 Å². The maximum absolute atomic E-state index is 4.22. The summed E-state index contributed by atoms with van der Waals surface area (Å²) in [6.07, 6.45) is 5.99. The maximum atomic E-state index is 4.22. The Bertz CT molecular complexity index is 354. The number of likely N-dealkylation sites (tertiary alicyclic amines) is 1. The quantitative estimate of drug-likeness (QED) is 0.867. The van der Waals surface area contributed by atoms with Crippen LogP contribution in [-0.2, 0) is 7.05 Å². The first kappa shape index (κ1) is 13.6. The molecule has 4 heteroatoms. The first-order valence-corrected chi connectivity index (χ1v) is 7.14. The minimum atomic E-state index is 0.366. The number of piperidine rings is 1. The van der Waals surface area contributed by atoms with Crippen molar-refractivity contribution in [1.82, 2.24) is 20.0 Å². The largest absolute Gasteiger partial charge is 0.307 e. The Balaban J connectivity index is 1.78. The highest BCUT2D eigenvalue weighted by Gasteiger charge is 2.17. The summed E-state index contributed by atoms with van der Waals surface area (Å²) < 4.78 is 1.95. The highest BCUT2D eigenvalue weighted by Crippen LogP contribution is 2.13. The van der Waals surface area contributed by atoms with Crippen LogP contribution < -0.4 is 5.32 Å². The summed E-state index contributed by atoms with van der Waals surface area (Å²) in [4.78, 5) is 2.60. The third kappa shape index (κ3) is 3.33. The summed E-state index contributed by atoms with van der Waals surface area (Å²) in [7, 11) is 2.00. The zero-order valence-electron chi connectivity index (χ0n) is 11.9. The Morgan fingerprint density at radius 1 is 1.28 bits per heavy atom. The molecule has 2 unspecified atom stereocenters. The van der Waals surface area contributed by atoms with Gasteiger partial charge in [-0.3, -0.25) is 9.58 Å². The van der Waals surface area contributed by atoms with Crippen LogP contribution in [-0.4, -0.2) is 40.4 Å². The van der Waals surface area contributed by atoms with Crippen LogP contribution in [0, 0.1) is 0 Å². The second-order valence-electron chi connectivity index (χ2n) is 5.46. The molecule has 0 bridgehead atoms. The molecule has 102 valence electrons. The molecule has 0 saturated carbocycles. The molecule has 1 saturated heterocycles. The molecule has 0 aromatic carbocycles. The molecule has 0 amide bonds. The van der Waals surface area contributed by atoms with E-state index in [-0.39, 0.29) is 0 Å². The highest BCUT2D eigenvalue weighted by atomic mass is 15.3. The molecular formula is C14H26N4. The van der Waals surface area contributed by atoms with Crippen molar-refractivity contribution in [3.8, 4) is 0 Å². The van der Waals surface area contributed by atoms with Gasteiger partial charge in [-0.1, -0.05) is 6.42 Å². The third-order valence-electron chi connectivity index (χ3n) is 4.04. The van der Waals surface area contributed by atoms with Gasteiger partial charge in [0.1, 0.15) is 0 Å². The van der Waals surface area contributed by atoms with E-state index in [0.717, 1.165) is 6.54 Å². The fraction of sp³-hybridized carbons (Fsp3) is 0.786. The van der Waals surface area contributed by atoms with Crippen LogP contribution in [0.2, 0.25) is 0 Å². The van der Waals surface area contributed by atoms with E-state index in [0.29, 0.717) is 12.1 Å². The molecule has 0 aliphatic carbocycles. The molecule has 2 heterocycles. The van der Waals surface area contributed by atoms with Gasteiger partial charge in [-0.15, -0.1) is 0 Å². The molecule has 1 fully saturated rings. The molecule has 1 aromatic heterocycles. The predicted octanol–water partition coefficient (Wildman–Crippen LogP) is 1.95. The molecule has 1 aromatic rings. The van der Waals surface area contributed by atoms with Crippen LogP contribution in [0.4, 0.5) is 0 Å². The minimum absolute atomic E-state index is 0.366. The highest BCUT2D eigenvalue weighted by molar-refractivity contribution is 5.05. The maximum Gasteiger partial charge on any atom is 0.0547 e. The number of nitrogens with one attached hydrogen (secondary N) is 1. The fourth-order valence-electron chi connectivity index (χ4n) is 2.75. The van der Waals surface area contributed by atoms with Crippen molar-refractivity contribution >= 4 is 0 Å². The van der Waals surface area contributed by atoms with E-state index < -0.39 is 0 Å². The first-order chi connectivity index (χ1) is 8.68. The van der Waals surface area contributed by atoms with E-state index in [9.17, 15) is 0 Å². The summed E-state index contributed by atoms with van der Waals surface area (Å²) in [6, 6.07) is 3.08. The van der Waals surface area contributed by atoms with Gasteiger partial charge in [0.15, 0.2) is 0 Å². The second-order valence-corrected chi connectivity index (χ2v) is 5.46.